The van der Waals surface area contributed by atoms with Crippen molar-refractivity contribution in [3.05, 3.63) is 58.8 Å². The molecule has 4 rings (SSSR count). The zero-order valence-electron chi connectivity index (χ0n) is 16.0. The van der Waals surface area contributed by atoms with Gasteiger partial charge in [0.25, 0.3) is 0 Å². The molecule has 0 saturated heterocycles. The average molecular weight is 414 g/mol. The van der Waals surface area contributed by atoms with Crippen LogP contribution in [0.25, 0.3) is 21.2 Å². The van der Waals surface area contributed by atoms with Gasteiger partial charge in [-0.15, -0.1) is 0 Å². The molecule has 0 bridgehead atoms. The second kappa shape index (κ2) is 8.18. The molecule has 0 N–H and O–H groups in total. The molecule has 29 heavy (non-hydrogen) atoms. The van der Waals surface area contributed by atoms with Crippen LogP contribution in [0.1, 0.15) is 17.5 Å². The van der Waals surface area contributed by atoms with Crippen LogP contribution in [0.4, 0.5) is 4.39 Å². The lowest BCUT2D eigenvalue weighted by molar-refractivity contribution is 0.0973. The number of halogens is 1. The number of carbonyl (C=O) groups is 1. The van der Waals surface area contributed by atoms with Crippen LogP contribution in [0.2, 0.25) is 0 Å². The van der Waals surface area contributed by atoms with Crippen LogP contribution >= 0.6 is 11.3 Å². The number of amides is 1. The number of ether oxygens (including phenoxy) is 2. The van der Waals surface area contributed by atoms with Crippen molar-refractivity contribution in [2.24, 2.45) is 4.99 Å². The first-order chi connectivity index (χ1) is 14.1. The summed E-state index contributed by atoms with van der Waals surface area (Å²) >= 11 is 1.24. The number of aromatic nitrogens is 1. The number of methoxy groups -OCH3 is 1. The summed E-state index contributed by atoms with van der Waals surface area (Å²) < 4.78 is 32.6. The lowest BCUT2D eigenvalue weighted by atomic mass is 10.2. The van der Waals surface area contributed by atoms with E-state index in [0.29, 0.717) is 40.6 Å². The van der Waals surface area contributed by atoms with Crippen molar-refractivity contribution >= 4 is 38.4 Å². The molecular weight excluding hydrogens is 395 g/mol. The van der Waals surface area contributed by atoms with Crippen molar-refractivity contribution in [3.8, 4) is 5.75 Å². The fraction of sp³-hybridized carbons (Fsp3) is 0.238. The third kappa shape index (κ3) is 3.81. The number of carbonyl (C=O) groups excluding carboxylic acids is 1. The van der Waals surface area contributed by atoms with Gasteiger partial charge in [0.2, 0.25) is 0 Å². The molecule has 0 aliphatic rings. The van der Waals surface area contributed by atoms with Crippen LogP contribution in [-0.2, 0) is 11.3 Å². The smallest absolute Gasteiger partial charge is 0.315 e. The molecule has 0 radical (unpaired) electrons. The van der Waals surface area contributed by atoms with Crippen molar-refractivity contribution in [2.45, 2.75) is 13.5 Å². The van der Waals surface area contributed by atoms with E-state index in [9.17, 15) is 9.18 Å². The number of hydrogen-bond donors (Lipinski definition) is 0. The minimum Gasteiger partial charge on any atom is -0.490 e. The fourth-order valence-electron chi connectivity index (χ4n) is 3.08. The summed E-state index contributed by atoms with van der Waals surface area (Å²) in [6.07, 6.45) is 0. The van der Waals surface area contributed by atoms with Gasteiger partial charge in [-0.25, -0.2) is 4.39 Å². The fourth-order valence-corrected chi connectivity index (χ4v) is 4.16. The molecule has 150 valence electrons. The van der Waals surface area contributed by atoms with Gasteiger partial charge in [0.05, 0.1) is 23.4 Å². The minimum absolute atomic E-state index is 0.120. The molecule has 2 aromatic heterocycles. The summed E-state index contributed by atoms with van der Waals surface area (Å²) in [6.45, 7) is 3.30. The second-order valence-corrected chi connectivity index (χ2v) is 7.29. The molecule has 2 heterocycles. The zero-order valence-corrected chi connectivity index (χ0v) is 16.8. The number of hydrogen-bond acceptors (Lipinski definition) is 5. The number of para-hydroxylation sites is 1. The number of thiazole rings is 1. The van der Waals surface area contributed by atoms with E-state index in [-0.39, 0.29) is 11.6 Å². The van der Waals surface area contributed by atoms with Crippen molar-refractivity contribution < 1.29 is 23.1 Å². The largest absolute Gasteiger partial charge is 0.490 e. The molecule has 0 fully saturated rings. The van der Waals surface area contributed by atoms with E-state index in [1.165, 1.54) is 23.5 Å². The van der Waals surface area contributed by atoms with Crippen molar-refractivity contribution in [2.75, 3.05) is 20.3 Å². The van der Waals surface area contributed by atoms with Gasteiger partial charge in [-0.2, -0.15) is 4.99 Å². The van der Waals surface area contributed by atoms with Crippen LogP contribution in [0.15, 0.2) is 51.9 Å². The van der Waals surface area contributed by atoms with Gasteiger partial charge in [0, 0.05) is 19.0 Å². The number of nitrogens with zero attached hydrogens (tertiary/aromatic N) is 2. The standard InChI is InChI=1S/C21H19FN2O4S/c1-3-27-16-6-4-5-13-11-17(28-19(13)16)20(25)23-21-24(9-10-26-2)15-8-7-14(22)12-18(15)29-21/h4-8,11-12H,3,9-10H2,1-2H3. The SMILES string of the molecule is CCOc1cccc2cc(C(=O)N=c3sc4cc(F)ccc4n3CCOC)oc12. The Morgan fingerprint density at radius 3 is 2.93 bits per heavy atom. The second-order valence-electron chi connectivity index (χ2n) is 6.28. The van der Waals surface area contributed by atoms with Crippen LogP contribution in [0.3, 0.4) is 0 Å². The molecule has 0 aliphatic carbocycles. The van der Waals surface area contributed by atoms with E-state index in [2.05, 4.69) is 4.99 Å². The van der Waals surface area contributed by atoms with Gasteiger partial charge >= 0.3 is 5.91 Å². The average Bonchev–Trinajstić information content (AvgIpc) is 3.28. The van der Waals surface area contributed by atoms with Gasteiger partial charge in [0.1, 0.15) is 5.82 Å². The Balaban J connectivity index is 1.79. The van der Waals surface area contributed by atoms with E-state index in [0.717, 1.165) is 10.9 Å². The van der Waals surface area contributed by atoms with Crippen LogP contribution in [0.5, 0.6) is 5.75 Å². The molecule has 0 atom stereocenters. The summed E-state index contributed by atoms with van der Waals surface area (Å²) in [6, 6.07) is 11.6. The number of furan rings is 1. The van der Waals surface area contributed by atoms with Crippen LogP contribution < -0.4 is 9.54 Å². The Hall–Kier alpha value is -2.97. The molecule has 0 aliphatic heterocycles. The van der Waals surface area contributed by atoms with E-state index in [1.54, 1.807) is 25.3 Å². The van der Waals surface area contributed by atoms with E-state index in [4.69, 9.17) is 13.9 Å². The predicted octanol–water partition coefficient (Wildman–Crippen LogP) is 4.37. The summed E-state index contributed by atoms with van der Waals surface area (Å²) in [4.78, 5) is 17.5. The topological polar surface area (TPSA) is 66.0 Å². The maximum Gasteiger partial charge on any atom is 0.315 e. The Labute approximate surface area is 169 Å². The van der Waals surface area contributed by atoms with E-state index in [1.807, 2.05) is 23.6 Å². The highest BCUT2D eigenvalue weighted by molar-refractivity contribution is 7.16. The quantitative estimate of drug-likeness (QED) is 0.470. The minimum atomic E-state index is -0.512. The molecule has 8 heteroatoms. The first-order valence-corrected chi connectivity index (χ1v) is 9.94. The first-order valence-electron chi connectivity index (χ1n) is 9.13. The molecule has 0 spiro atoms. The highest BCUT2D eigenvalue weighted by atomic mass is 32.1. The van der Waals surface area contributed by atoms with Gasteiger partial charge in [-0.05, 0) is 37.3 Å². The lowest BCUT2D eigenvalue weighted by Crippen LogP contribution is -2.19. The van der Waals surface area contributed by atoms with E-state index >= 15 is 0 Å². The monoisotopic (exact) mass is 414 g/mol. The molecule has 4 aromatic rings. The van der Waals surface area contributed by atoms with Crippen LogP contribution in [0, 0.1) is 5.82 Å². The third-order valence-electron chi connectivity index (χ3n) is 4.38. The van der Waals surface area contributed by atoms with Crippen molar-refractivity contribution in [1.29, 1.82) is 0 Å². The van der Waals surface area contributed by atoms with Gasteiger partial charge in [-0.1, -0.05) is 23.5 Å². The molecule has 0 unspecified atom stereocenters. The van der Waals surface area contributed by atoms with Crippen molar-refractivity contribution in [3.63, 3.8) is 0 Å². The Morgan fingerprint density at radius 2 is 2.14 bits per heavy atom. The molecular formula is C21H19FN2O4S. The third-order valence-corrected chi connectivity index (χ3v) is 5.42. The Kier molecular flexibility index (Phi) is 5.46. The number of fused-ring (bicyclic) bond motifs is 2. The van der Waals surface area contributed by atoms with Gasteiger partial charge in [0.15, 0.2) is 21.9 Å². The number of benzene rings is 2. The molecule has 1 amide bonds. The summed E-state index contributed by atoms with van der Waals surface area (Å²) in [5, 5.41) is 0.764. The summed E-state index contributed by atoms with van der Waals surface area (Å²) in [5.41, 5.74) is 1.31. The van der Waals surface area contributed by atoms with Gasteiger partial charge < -0.3 is 18.5 Å². The predicted molar refractivity (Wildman–Crippen MR) is 109 cm³/mol. The molecule has 0 saturated carbocycles. The zero-order chi connectivity index (χ0) is 20.4. The molecule has 6 nitrogen and oxygen atoms in total. The normalized spacial score (nSPS) is 12.2. The maximum absolute atomic E-state index is 13.6. The van der Waals surface area contributed by atoms with Gasteiger partial charge in [-0.3, -0.25) is 4.79 Å². The molecule has 2 aromatic carbocycles. The van der Waals surface area contributed by atoms with Crippen LogP contribution in [-0.4, -0.2) is 30.8 Å². The summed E-state index contributed by atoms with van der Waals surface area (Å²) in [5.74, 6) is -0.149. The first kappa shape index (κ1) is 19.4. The summed E-state index contributed by atoms with van der Waals surface area (Å²) in [7, 11) is 1.60. The highest BCUT2D eigenvalue weighted by Gasteiger charge is 2.16. The van der Waals surface area contributed by atoms with Crippen molar-refractivity contribution in [1.82, 2.24) is 4.57 Å². The highest BCUT2D eigenvalue weighted by Crippen LogP contribution is 2.29. The number of rotatable bonds is 6. The van der Waals surface area contributed by atoms with E-state index < -0.39 is 5.91 Å². The Morgan fingerprint density at radius 1 is 1.28 bits per heavy atom. The Bertz CT molecular complexity index is 1250. The lowest BCUT2D eigenvalue weighted by Gasteiger charge is -2.03. The maximum atomic E-state index is 13.6.